The van der Waals surface area contributed by atoms with Crippen LogP contribution in [0.15, 0.2) is 30.0 Å². The summed E-state index contributed by atoms with van der Waals surface area (Å²) in [7, 11) is 0. The number of nitrogens with zero attached hydrogens (tertiary/aromatic N) is 4. The van der Waals surface area contributed by atoms with E-state index in [1.54, 1.807) is 11.0 Å². The van der Waals surface area contributed by atoms with Crippen LogP contribution >= 0.6 is 0 Å². The van der Waals surface area contributed by atoms with Crippen LogP contribution in [0, 0.1) is 18.3 Å². The van der Waals surface area contributed by atoms with E-state index in [1.807, 2.05) is 25.1 Å². The number of carbonyl (C=O) groups is 1. The lowest BCUT2D eigenvalue weighted by Gasteiger charge is -2.34. The molecule has 23 heavy (non-hydrogen) atoms. The molecular weight excluding hydrogens is 292 g/mol. The Hall–Kier alpha value is -2.43. The third kappa shape index (κ3) is 4.77. The van der Waals surface area contributed by atoms with E-state index >= 15 is 0 Å². The van der Waals surface area contributed by atoms with Gasteiger partial charge in [-0.1, -0.05) is 6.07 Å². The number of hydrogen-bond donors (Lipinski definition) is 2. The zero-order valence-corrected chi connectivity index (χ0v) is 13.3. The van der Waals surface area contributed by atoms with Gasteiger partial charge in [-0.15, -0.1) is 0 Å². The van der Waals surface area contributed by atoms with Gasteiger partial charge in [0, 0.05) is 51.2 Å². The number of rotatable bonds is 5. The molecule has 0 saturated carbocycles. The van der Waals surface area contributed by atoms with Gasteiger partial charge in [-0.3, -0.25) is 9.69 Å². The zero-order valence-electron chi connectivity index (χ0n) is 13.3. The molecule has 1 aliphatic rings. The Morgan fingerprint density at radius 3 is 2.78 bits per heavy atom. The summed E-state index contributed by atoms with van der Waals surface area (Å²) in [6, 6.07) is 7.50. The molecule has 1 aliphatic heterocycles. The van der Waals surface area contributed by atoms with Gasteiger partial charge in [0.1, 0.15) is 17.5 Å². The Morgan fingerprint density at radius 2 is 2.17 bits per heavy atom. The van der Waals surface area contributed by atoms with Crippen molar-refractivity contribution < 1.29 is 4.79 Å². The van der Waals surface area contributed by atoms with Crippen molar-refractivity contribution in [1.82, 2.24) is 14.8 Å². The number of piperazine rings is 1. The number of nitriles is 1. The minimum Gasteiger partial charge on any atom is -0.345 e. The number of aromatic nitrogens is 1. The molecule has 3 N–H and O–H groups in total. The normalized spacial score (nSPS) is 16.0. The predicted octanol–water partition coefficient (Wildman–Crippen LogP) is 0.312. The molecule has 0 aliphatic carbocycles. The van der Waals surface area contributed by atoms with Crippen LogP contribution in [0.4, 0.5) is 5.82 Å². The summed E-state index contributed by atoms with van der Waals surface area (Å²) in [5.41, 5.74) is 6.49. The van der Waals surface area contributed by atoms with E-state index in [1.165, 1.54) is 6.20 Å². The van der Waals surface area contributed by atoms with Gasteiger partial charge in [0.25, 0.3) is 5.91 Å². The minimum atomic E-state index is -0.250. The molecule has 0 atom stereocenters. The zero-order chi connectivity index (χ0) is 16.7. The first-order valence-electron chi connectivity index (χ1n) is 7.66. The summed E-state index contributed by atoms with van der Waals surface area (Å²) in [5.74, 6) is 0.360. The highest BCUT2D eigenvalue weighted by molar-refractivity contribution is 5.97. The number of aryl methyl sites for hydroxylation is 1. The van der Waals surface area contributed by atoms with E-state index in [-0.39, 0.29) is 11.5 Å². The summed E-state index contributed by atoms with van der Waals surface area (Å²) in [5, 5.41) is 12.2. The summed E-state index contributed by atoms with van der Waals surface area (Å²) in [4.78, 5) is 20.6. The number of amides is 1. The van der Waals surface area contributed by atoms with Gasteiger partial charge < -0.3 is 16.0 Å². The maximum Gasteiger partial charge on any atom is 0.266 e. The lowest BCUT2D eigenvalue weighted by atomic mass is 10.2. The number of pyridine rings is 1. The lowest BCUT2D eigenvalue weighted by Crippen LogP contribution is -2.50. The molecule has 1 fully saturated rings. The summed E-state index contributed by atoms with van der Waals surface area (Å²) in [6.45, 7) is 6.13. The maximum atomic E-state index is 12.4. The van der Waals surface area contributed by atoms with Crippen LogP contribution in [0.25, 0.3) is 0 Å². The average Bonchev–Trinajstić information content (AvgIpc) is 2.56. The van der Waals surface area contributed by atoms with E-state index in [0.717, 1.165) is 25.3 Å². The van der Waals surface area contributed by atoms with E-state index in [9.17, 15) is 10.1 Å². The molecule has 1 saturated heterocycles. The fraction of sp³-hybridized carbons (Fsp3) is 0.438. The highest BCUT2D eigenvalue weighted by atomic mass is 16.2. The number of nitrogens with one attached hydrogen (secondary N) is 1. The number of nitrogens with two attached hydrogens (primary N) is 1. The SMILES string of the molecule is Cc1cccc(N/C=C(/C#N)C(=O)N2CCN(CCN)CC2)n1. The lowest BCUT2D eigenvalue weighted by molar-refractivity contribution is -0.128. The molecule has 1 aromatic heterocycles. The summed E-state index contributed by atoms with van der Waals surface area (Å²) >= 11 is 0. The second kappa shape index (κ2) is 8.27. The minimum absolute atomic E-state index is 0.0839. The van der Waals surface area contributed by atoms with E-state index in [2.05, 4.69) is 15.2 Å². The van der Waals surface area contributed by atoms with Crippen LogP contribution in [0.2, 0.25) is 0 Å². The quantitative estimate of drug-likeness (QED) is 0.600. The third-order valence-electron chi connectivity index (χ3n) is 3.71. The molecule has 7 heteroatoms. The standard InChI is InChI=1S/C16H22N6O/c1-13-3-2-4-15(20-13)19-12-14(11-18)16(23)22-9-7-21(6-5-17)8-10-22/h2-4,12H,5-10,17H2,1H3,(H,19,20)/b14-12-. The van der Waals surface area contributed by atoms with Crippen molar-refractivity contribution in [2.75, 3.05) is 44.6 Å². The van der Waals surface area contributed by atoms with Crippen LogP contribution < -0.4 is 11.1 Å². The highest BCUT2D eigenvalue weighted by Gasteiger charge is 2.23. The Bertz CT molecular complexity index is 613. The molecular formula is C16H22N6O. The molecule has 7 nitrogen and oxygen atoms in total. The Labute approximate surface area is 136 Å². The van der Waals surface area contributed by atoms with E-state index in [0.29, 0.717) is 25.5 Å². The molecule has 0 radical (unpaired) electrons. The highest BCUT2D eigenvalue weighted by Crippen LogP contribution is 2.09. The molecule has 1 aromatic rings. The Balaban J connectivity index is 1.96. The first-order chi connectivity index (χ1) is 11.1. The van der Waals surface area contributed by atoms with Gasteiger partial charge in [0.15, 0.2) is 0 Å². The van der Waals surface area contributed by atoms with Gasteiger partial charge in [-0.05, 0) is 19.1 Å². The fourth-order valence-corrected chi connectivity index (χ4v) is 2.44. The summed E-state index contributed by atoms with van der Waals surface area (Å²) < 4.78 is 0. The smallest absolute Gasteiger partial charge is 0.266 e. The van der Waals surface area contributed by atoms with Crippen molar-refractivity contribution in [2.45, 2.75) is 6.92 Å². The van der Waals surface area contributed by atoms with Crippen molar-refractivity contribution in [3.05, 3.63) is 35.7 Å². The molecule has 0 spiro atoms. The summed E-state index contributed by atoms with van der Waals surface area (Å²) in [6.07, 6.45) is 1.43. The molecule has 1 amide bonds. The monoisotopic (exact) mass is 314 g/mol. The maximum absolute atomic E-state index is 12.4. The van der Waals surface area contributed by atoms with Gasteiger partial charge in [0.05, 0.1) is 0 Å². The largest absolute Gasteiger partial charge is 0.345 e. The van der Waals surface area contributed by atoms with Gasteiger partial charge in [-0.2, -0.15) is 5.26 Å². The Morgan fingerprint density at radius 1 is 1.43 bits per heavy atom. The van der Waals surface area contributed by atoms with Crippen LogP contribution in [0.3, 0.4) is 0 Å². The number of hydrogen-bond acceptors (Lipinski definition) is 6. The van der Waals surface area contributed by atoms with Crippen molar-refractivity contribution in [2.24, 2.45) is 5.73 Å². The van der Waals surface area contributed by atoms with Crippen molar-refractivity contribution in [3.63, 3.8) is 0 Å². The second-order valence-corrected chi connectivity index (χ2v) is 5.40. The van der Waals surface area contributed by atoms with Crippen molar-refractivity contribution in [1.29, 1.82) is 5.26 Å². The number of anilines is 1. The van der Waals surface area contributed by atoms with Crippen LogP contribution in [0.5, 0.6) is 0 Å². The van der Waals surface area contributed by atoms with Crippen LogP contribution in [-0.4, -0.2) is 60.0 Å². The molecule has 2 heterocycles. The Kier molecular flexibility index (Phi) is 6.09. The van der Waals surface area contributed by atoms with E-state index in [4.69, 9.17) is 5.73 Å². The predicted molar refractivity (Wildman–Crippen MR) is 88.4 cm³/mol. The van der Waals surface area contributed by atoms with Gasteiger partial charge in [0.2, 0.25) is 0 Å². The molecule has 2 rings (SSSR count). The van der Waals surface area contributed by atoms with Gasteiger partial charge in [-0.25, -0.2) is 4.98 Å². The van der Waals surface area contributed by atoms with Crippen molar-refractivity contribution in [3.8, 4) is 6.07 Å². The molecule has 122 valence electrons. The second-order valence-electron chi connectivity index (χ2n) is 5.40. The first-order valence-corrected chi connectivity index (χ1v) is 7.66. The first kappa shape index (κ1) is 16.9. The molecule has 0 bridgehead atoms. The topological polar surface area (TPSA) is 98.3 Å². The van der Waals surface area contributed by atoms with Crippen molar-refractivity contribution >= 4 is 11.7 Å². The number of carbonyl (C=O) groups excluding carboxylic acids is 1. The van der Waals surface area contributed by atoms with E-state index < -0.39 is 0 Å². The van der Waals surface area contributed by atoms with Crippen LogP contribution in [0.1, 0.15) is 5.69 Å². The molecule has 0 unspecified atom stereocenters. The molecule has 0 aromatic carbocycles. The average molecular weight is 314 g/mol. The van der Waals surface area contributed by atoms with Crippen LogP contribution in [-0.2, 0) is 4.79 Å². The third-order valence-corrected chi connectivity index (χ3v) is 3.71. The van der Waals surface area contributed by atoms with Gasteiger partial charge >= 0.3 is 0 Å². The fourth-order valence-electron chi connectivity index (χ4n) is 2.44.